The molecule has 0 aliphatic rings. The van der Waals surface area contributed by atoms with Crippen LogP contribution in [0.25, 0.3) is 11.4 Å². The van der Waals surface area contributed by atoms with Gasteiger partial charge in [0.25, 0.3) is 0 Å². The molecule has 1 aromatic heterocycles. The Kier molecular flexibility index (Phi) is 6.56. The summed E-state index contributed by atoms with van der Waals surface area (Å²) in [5, 5.41) is 8.69. The number of nitrogens with two attached hydrogens (primary N) is 1. The molecule has 2 N–H and O–H groups in total. The average molecular weight is 436 g/mol. The highest BCUT2D eigenvalue weighted by Crippen LogP contribution is 2.26. The predicted octanol–water partition coefficient (Wildman–Crippen LogP) is 3.12. The van der Waals surface area contributed by atoms with E-state index in [-0.39, 0.29) is 10.7 Å². The molecule has 2 aromatic carbocycles. The normalized spacial score (nSPS) is 11.9. The Morgan fingerprint density at radius 2 is 1.79 bits per heavy atom. The summed E-state index contributed by atoms with van der Waals surface area (Å²) in [5.41, 5.74) is 1.48. The number of rotatable bonds is 8. The highest BCUT2D eigenvalue weighted by atomic mass is 32.2. The van der Waals surface area contributed by atoms with Crippen LogP contribution < -0.4 is 5.84 Å². The second kappa shape index (κ2) is 8.93. The molecule has 0 radical (unpaired) electrons. The minimum absolute atomic E-state index is 0.183. The van der Waals surface area contributed by atoms with E-state index in [1.165, 1.54) is 32.9 Å². The SMILES string of the molecule is CCN(CC)S(=O)(=O)c1cccc(-c2nnc(SCc3ccc(F)cc3)n2N)c1. The maximum atomic E-state index is 13.0. The zero-order valence-electron chi connectivity index (χ0n) is 16.1. The molecule has 0 fully saturated rings. The molecule has 0 amide bonds. The third kappa shape index (κ3) is 4.60. The molecule has 0 unspecified atom stereocenters. The van der Waals surface area contributed by atoms with E-state index in [0.29, 0.717) is 35.4 Å². The first-order chi connectivity index (χ1) is 13.9. The van der Waals surface area contributed by atoms with Crippen LogP contribution in [0.4, 0.5) is 4.39 Å². The molecule has 0 saturated carbocycles. The molecule has 1 heterocycles. The zero-order valence-corrected chi connectivity index (χ0v) is 17.8. The summed E-state index contributed by atoms with van der Waals surface area (Å²) in [5.74, 6) is 6.77. The molecule has 0 bridgehead atoms. The Hall–Kier alpha value is -2.43. The monoisotopic (exact) mass is 435 g/mol. The lowest BCUT2D eigenvalue weighted by atomic mass is 10.2. The molecule has 154 valence electrons. The van der Waals surface area contributed by atoms with E-state index in [1.54, 1.807) is 50.2 Å². The first kappa shape index (κ1) is 21.3. The number of hydrogen-bond donors (Lipinski definition) is 1. The maximum absolute atomic E-state index is 13.0. The summed E-state index contributed by atoms with van der Waals surface area (Å²) >= 11 is 1.36. The second-order valence-electron chi connectivity index (χ2n) is 6.21. The number of aromatic nitrogens is 3. The van der Waals surface area contributed by atoms with Gasteiger partial charge < -0.3 is 5.84 Å². The van der Waals surface area contributed by atoms with Crippen molar-refractivity contribution in [3.8, 4) is 11.4 Å². The standard InChI is InChI=1S/C19H22FN5O2S2/c1-3-24(4-2)29(26,27)17-7-5-6-15(12-17)18-22-23-19(25(18)21)28-13-14-8-10-16(20)11-9-14/h5-12H,3-4,13,21H2,1-2H3. The summed E-state index contributed by atoms with van der Waals surface area (Å²) in [4.78, 5) is 0.183. The number of nitrogens with zero attached hydrogens (tertiary/aromatic N) is 4. The van der Waals surface area contributed by atoms with Crippen LogP contribution in [0.5, 0.6) is 0 Å². The molecule has 29 heavy (non-hydrogen) atoms. The van der Waals surface area contributed by atoms with Gasteiger partial charge in [-0.25, -0.2) is 17.5 Å². The summed E-state index contributed by atoms with van der Waals surface area (Å²) < 4.78 is 41.3. The van der Waals surface area contributed by atoms with Gasteiger partial charge in [0.15, 0.2) is 5.82 Å². The fourth-order valence-corrected chi connectivity index (χ4v) is 5.13. The van der Waals surface area contributed by atoms with E-state index >= 15 is 0 Å². The number of hydrogen-bond acceptors (Lipinski definition) is 6. The maximum Gasteiger partial charge on any atom is 0.243 e. The fourth-order valence-electron chi connectivity index (χ4n) is 2.81. The van der Waals surface area contributed by atoms with E-state index in [1.807, 2.05) is 0 Å². The van der Waals surface area contributed by atoms with Crippen molar-refractivity contribution in [2.24, 2.45) is 0 Å². The molecular weight excluding hydrogens is 413 g/mol. The van der Waals surface area contributed by atoms with Crippen molar-refractivity contribution in [2.75, 3.05) is 18.9 Å². The van der Waals surface area contributed by atoms with Gasteiger partial charge in [-0.15, -0.1) is 10.2 Å². The first-order valence-corrected chi connectivity index (χ1v) is 11.5. The first-order valence-electron chi connectivity index (χ1n) is 9.05. The molecule has 0 atom stereocenters. The van der Waals surface area contributed by atoms with Gasteiger partial charge in [-0.1, -0.05) is 49.9 Å². The van der Waals surface area contributed by atoms with Gasteiger partial charge >= 0.3 is 0 Å². The highest BCUT2D eigenvalue weighted by molar-refractivity contribution is 7.98. The third-order valence-electron chi connectivity index (χ3n) is 4.38. The molecule has 3 rings (SSSR count). The third-order valence-corrected chi connectivity index (χ3v) is 7.44. The van der Waals surface area contributed by atoms with Gasteiger partial charge in [0.1, 0.15) is 5.82 Å². The summed E-state index contributed by atoms with van der Waals surface area (Å²) in [6, 6.07) is 12.7. The molecule has 0 aliphatic heterocycles. The van der Waals surface area contributed by atoms with Crippen LogP contribution >= 0.6 is 11.8 Å². The Morgan fingerprint density at radius 1 is 1.10 bits per heavy atom. The smallest absolute Gasteiger partial charge is 0.243 e. The van der Waals surface area contributed by atoms with Crippen LogP contribution in [0.15, 0.2) is 58.6 Å². The van der Waals surface area contributed by atoms with Crippen molar-refractivity contribution in [3.63, 3.8) is 0 Å². The molecule has 0 aliphatic carbocycles. The summed E-state index contributed by atoms with van der Waals surface area (Å²) in [6.07, 6.45) is 0. The number of halogens is 1. The molecule has 0 spiro atoms. The van der Waals surface area contributed by atoms with E-state index in [9.17, 15) is 12.8 Å². The quantitative estimate of drug-likeness (QED) is 0.432. The average Bonchev–Trinajstić information content (AvgIpc) is 3.09. The van der Waals surface area contributed by atoms with Crippen LogP contribution in [-0.2, 0) is 15.8 Å². The topological polar surface area (TPSA) is 94.1 Å². The Morgan fingerprint density at radius 3 is 2.45 bits per heavy atom. The summed E-state index contributed by atoms with van der Waals surface area (Å²) in [6.45, 7) is 4.37. The van der Waals surface area contributed by atoms with E-state index in [4.69, 9.17) is 5.84 Å². The molecule has 7 nitrogen and oxygen atoms in total. The fraction of sp³-hybridized carbons (Fsp3) is 0.263. The van der Waals surface area contributed by atoms with Crippen molar-refractivity contribution in [3.05, 3.63) is 59.9 Å². The molecule has 10 heteroatoms. The number of thioether (sulfide) groups is 1. The minimum atomic E-state index is -3.59. The van der Waals surface area contributed by atoms with Gasteiger partial charge in [-0.2, -0.15) is 4.31 Å². The van der Waals surface area contributed by atoms with Gasteiger partial charge in [0.05, 0.1) is 4.90 Å². The lowest BCUT2D eigenvalue weighted by molar-refractivity contribution is 0.445. The predicted molar refractivity (Wildman–Crippen MR) is 112 cm³/mol. The van der Waals surface area contributed by atoms with Gasteiger partial charge in [-0.05, 0) is 29.8 Å². The number of nitrogen functional groups attached to an aromatic ring is 1. The van der Waals surface area contributed by atoms with Crippen molar-refractivity contribution < 1.29 is 12.8 Å². The highest BCUT2D eigenvalue weighted by Gasteiger charge is 2.23. The molecule has 0 saturated heterocycles. The number of sulfonamides is 1. The van der Waals surface area contributed by atoms with Crippen LogP contribution in [0.2, 0.25) is 0 Å². The van der Waals surface area contributed by atoms with Crippen molar-refractivity contribution in [2.45, 2.75) is 29.7 Å². The molecular formula is C19H22FN5O2S2. The second-order valence-corrected chi connectivity index (χ2v) is 9.09. The van der Waals surface area contributed by atoms with E-state index in [0.717, 1.165) is 5.56 Å². The molecule has 3 aromatic rings. The Bertz CT molecular complexity index is 1080. The van der Waals surface area contributed by atoms with Gasteiger partial charge in [-0.3, -0.25) is 0 Å². The van der Waals surface area contributed by atoms with Crippen molar-refractivity contribution in [1.29, 1.82) is 0 Å². The van der Waals surface area contributed by atoms with Crippen LogP contribution in [0, 0.1) is 5.82 Å². The van der Waals surface area contributed by atoms with Crippen LogP contribution in [-0.4, -0.2) is 40.7 Å². The van der Waals surface area contributed by atoms with Crippen molar-refractivity contribution in [1.82, 2.24) is 19.2 Å². The summed E-state index contributed by atoms with van der Waals surface area (Å²) in [7, 11) is -3.59. The Balaban J connectivity index is 1.84. The van der Waals surface area contributed by atoms with Crippen LogP contribution in [0.3, 0.4) is 0 Å². The van der Waals surface area contributed by atoms with E-state index < -0.39 is 10.0 Å². The van der Waals surface area contributed by atoms with Crippen molar-refractivity contribution >= 4 is 21.8 Å². The Labute approximate surface area is 173 Å². The largest absolute Gasteiger partial charge is 0.335 e. The van der Waals surface area contributed by atoms with Crippen LogP contribution in [0.1, 0.15) is 19.4 Å². The lowest BCUT2D eigenvalue weighted by Gasteiger charge is -2.18. The zero-order chi connectivity index (χ0) is 21.0. The van der Waals surface area contributed by atoms with E-state index in [2.05, 4.69) is 10.2 Å². The minimum Gasteiger partial charge on any atom is -0.335 e. The number of benzene rings is 2. The van der Waals surface area contributed by atoms with Gasteiger partial charge in [0.2, 0.25) is 15.2 Å². The van der Waals surface area contributed by atoms with Gasteiger partial charge in [0, 0.05) is 24.4 Å². The lowest BCUT2D eigenvalue weighted by Crippen LogP contribution is -2.30.